The Morgan fingerprint density at radius 3 is 2.44 bits per heavy atom. The van der Waals surface area contributed by atoms with Gasteiger partial charge in [0.1, 0.15) is 12.4 Å². The number of benzene rings is 2. The summed E-state index contributed by atoms with van der Waals surface area (Å²) in [6.07, 6.45) is 5.13. The molecular formula is C23H28O4. The average Bonchev–Trinajstić information content (AvgIpc) is 2.74. The molecule has 0 bridgehead atoms. The lowest BCUT2D eigenvalue weighted by Gasteiger charge is -2.28. The van der Waals surface area contributed by atoms with Crippen LogP contribution < -0.4 is 4.74 Å². The van der Waals surface area contributed by atoms with Crippen LogP contribution in [-0.4, -0.2) is 19.2 Å². The van der Waals surface area contributed by atoms with Gasteiger partial charge in [0.25, 0.3) is 0 Å². The molecule has 1 fully saturated rings. The molecule has 0 radical (unpaired) electrons. The lowest BCUT2D eigenvalue weighted by Crippen LogP contribution is -2.34. The van der Waals surface area contributed by atoms with Gasteiger partial charge >= 0.3 is 5.97 Å². The normalized spacial score (nSPS) is 15.9. The number of carbonyl (C=O) groups is 1. The van der Waals surface area contributed by atoms with Crippen molar-refractivity contribution >= 4 is 5.97 Å². The minimum atomic E-state index is -0.482. The summed E-state index contributed by atoms with van der Waals surface area (Å²) >= 11 is 0. The highest BCUT2D eigenvalue weighted by atomic mass is 16.6. The third-order valence-corrected chi connectivity index (χ3v) is 5.09. The Labute approximate surface area is 161 Å². The van der Waals surface area contributed by atoms with Crippen molar-refractivity contribution in [3.8, 4) is 5.75 Å². The van der Waals surface area contributed by atoms with Crippen LogP contribution in [-0.2, 0) is 27.5 Å². The predicted molar refractivity (Wildman–Crippen MR) is 104 cm³/mol. The number of ether oxygens (including phenoxy) is 3. The van der Waals surface area contributed by atoms with E-state index in [1.807, 2.05) is 54.6 Å². The molecule has 1 saturated carbocycles. The van der Waals surface area contributed by atoms with Gasteiger partial charge < -0.3 is 14.2 Å². The third kappa shape index (κ3) is 5.83. The lowest BCUT2D eigenvalue weighted by molar-refractivity contribution is -0.160. The van der Waals surface area contributed by atoms with E-state index < -0.39 is 6.10 Å². The molecule has 2 aromatic rings. The first kappa shape index (κ1) is 19.4. The fourth-order valence-corrected chi connectivity index (χ4v) is 3.60. The molecule has 4 heteroatoms. The van der Waals surface area contributed by atoms with Gasteiger partial charge in [0.15, 0.2) is 6.10 Å². The molecule has 0 aliphatic heterocycles. The van der Waals surface area contributed by atoms with Gasteiger partial charge in [-0.2, -0.15) is 0 Å². The van der Waals surface area contributed by atoms with Crippen molar-refractivity contribution in [3.63, 3.8) is 0 Å². The summed E-state index contributed by atoms with van der Waals surface area (Å²) in [5.74, 6) is 0.786. The summed E-state index contributed by atoms with van der Waals surface area (Å²) in [4.78, 5) is 12.2. The summed E-state index contributed by atoms with van der Waals surface area (Å²) in [7, 11) is 1.43. The third-order valence-electron chi connectivity index (χ3n) is 5.09. The van der Waals surface area contributed by atoms with E-state index in [9.17, 15) is 4.79 Å². The quantitative estimate of drug-likeness (QED) is 0.622. The maximum absolute atomic E-state index is 12.2. The van der Waals surface area contributed by atoms with Gasteiger partial charge in [-0.1, -0.05) is 61.7 Å². The molecule has 2 aromatic carbocycles. The molecule has 0 heterocycles. The van der Waals surface area contributed by atoms with Crippen LogP contribution in [0.4, 0.5) is 0 Å². The van der Waals surface area contributed by atoms with Gasteiger partial charge in [-0.15, -0.1) is 0 Å². The summed E-state index contributed by atoms with van der Waals surface area (Å²) in [6, 6.07) is 17.9. The first-order valence-electron chi connectivity index (χ1n) is 9.71. The second-order valence-corrected chi connectivity index (χ2v) is 7.07. The molecule has 0 saturated heterocycles. The SMILES string of the molecule is COC(=O)C(OCc1cccc(OCc2ccccc2)c1)C1CCCCC1. The number of esters is 1. The van der Waals surface area contributed by atoms with Crippen molar-refractivity contribution in [3.05, 3.63) is 65.7 Å². The number of hydrogen-bond acceptors (Lipinski definition) is 4. The molecule has 4 nitrogen and oxygen atoms in total. The monoisotopic (exact) mass is 368 g/mol. The fourth-order valence-electron chi connectivity index (χ4n) is 3.60. The van der Waals surface area contributed by atoms with Crippen LogP contribution in [0, 0.1) is 5.92 Å². The highest BCUT2D eigenvalue weighted by molar-refractivity contribution is 5.75. The van der Waals surface area contributed by atoms with Crippen molar-refractivity contribution in [2.45, 2.75) is 51.4 Å². The molecule has 1 unspecified atom stereocenters. The van der Waals surface area contributed by atoms with Crippen LogP contribution in [0.25, 0.3) is 0 Å². The topological polar surface area (TPSA) is 44.8 Å². The van der Waals surface area contributed by atoms with Crippen molar-refractivity contribution in [2.75, 3.05) is 7.11 Å². The zero-order chi connectivity index (χ0) is 18.9. The van der Waals surface area contributed by atoms with Gasteiger partial charge in [-0.25, -0.2) is 4.79 Å². The van der Waals surface area contributed by atoms with Crippen LogP contribution in [0.5, 0.6) is 5.75 Å². The van der Waals surface area contributed by atoms with Crippen molar-refractivity contribution in [1.29, 1.82) is 0 Å². The molecule has 1 aliphatic rings. The Morgan fingerprint density at radius 2 is 1.70 bits per heavy atom. The number of rotatable bonds is 8. The first-order chi connectivity index (χ1) is 13.3. The van der Waals surface area contributed by atoms with E-state index in [1.165, 1.54) is 13.5 Å². The molecule has 1 aliphatic carbocycles. The van der Waals surface area contributed by atoms with Crippen molar-refractivity contribution < 1.29 is 19.0 Å². The molecule has 1 atom stereocenters. The highest BCUT2D eigenvalue weighted by Crippen LogP contribution is 2.29. The Bertz CT molecular complexity index is 707. The van der Waals surface area contributed by atoms with Crippen LogP contribution in [0.3, 0.4) is 0 Å². The largest absolute Gasteiger partial charge is 0.489 e. The Morgan fingerprint density at radius 1 is 0.963 bits per heavy atom. The Kier molecular flexibility index (Phi) is 7.28. The summed E-state index contributed by atoms with van der Waals surface area (Å²) in [6.45, 7) is 0.900. The minimum Gasteiger partial charge on any atom is -0.489 e. The molecule has 0 N–H and O–H groups in total. The van der Waals surface area contributed by atoms with E-state index >= 15 is 0 Å². The van der Waals surface area contributed by atoms with E-state index in [0.29, 0.717) is 13.2 Å². The van der Waals surface area contributed by atoms with E-state index in [1.54, 1.807) is 0 Å². The summed E-state index contributed by atoms with van der Waals surface area (Å²) < 4.78 is 16.9. The van der Waals surface area contributed by atoms with E-state index in [4.69, 9.17) is 14.2 Å². The average molecular weight is 368 g/mol. The first-order valence-corrected chi connectivity index (χ1v) is 9.71. The van der Waals surface area contributed by atoms with Crippen molar-refractivity contribution in [2.24, 2.45) is 5.92 Å². The smallest absolute Gasteiger partial charge is 0.335 e. The van der Waals surface area contributed by atoms with Crippen molar-refractivity contribution in [1.82, 2.24) is 0 Å². The molecule has 0 amide bonds. The van der Waals surface area contributed by atoms with Gasteiger partial charge in [-0.05, 0) is 42.0 Å². The molecule has 3 rings (SSSR count). The zero-order valence-electron chi connectivity index (χ0n) is 15.9. The summed E-state index contributed by atoms with van der Waals surface area (Å²) in [5.41, 5.74) is 2.12. The maximum Gasteiger partial charge on any atom is 0.335 e. The van der Waals surface area contributed by atoms with E-state index in [-0.39, 0.29) is 11.9 Å². The van der Waals surface area contributed by atoms with Crippen LogP contribution in [0.1, 0.15) is 43.2 Å². The second kappa shape index (κ2) is 10.1. The molecule has 27 heavy (non-hydrogen) atoms. The number of hydrogen-bond donors (Lipinski definition) is 0. The van der Waals surface area contributed by atoms with E-state index in [0.717, 1.165) is 42.6 Å². The zero-order valence-corrected chi connectivity index (χ0v) is 15.9. The lowest BCUT2D eigenvalue weighted by atomic mass is 9.85. The minimum absolute atomic E-state index is 0.253. The van der Waals surface area contributed by atoms with Gasteiger partial charge in [0.05, 0.1) is 13.7 Å². The van der Waals surface area contributed by atoms with E-state index in [2.05, 4.69) is 0 Å². The highest BCUT2D eigenvalue weighted by Gasteiger charge is 2.31. The standard InChI is InChI=1S/C23H28O4/c1-25-23(24)22(20-12-6-3-7-13-20)27-17-19-11-8-14-21(15-19)26-16-18-9-4-2-5-10-18/h2,4-5,8-11,14-15,20,22H,3,6-7,12-13,16-17H2,1H3. The molecule has 144 valence electrons. The van der Waals surface area contributed by atoms with Gasteiger partial charge in [-0.3, -0.25) is 0 Å². The van der Waals surface area contributed by atoms with Crippen LogP contribution in [0.2, 0.25) is 0 Å². The van der Waals surface area contributed by atoms with Gasteiger partial charge in [0.2, 0.25) is 0 Å². The Balaban J connectivity index is 1.58. The fraction of sp³-hybridized carbons (Fsp3) is 0.435. The predicted octanol–water partition coefficient (Wildman–Crippen LogP) is 4.90. The molecule has 0 aromatic heterocycles. The maximum atomic E-state index is 12.2. The molecule has 0 spiro atoms. The number of methoxy groups -OCH3 is 1. The summed E-state index contributed by atoms with van der Waals surface area (Å²) in [5, 5.41) is 0. The Hall–Kier alpha value is -2.33. The molecular weight excluding hydrogens is 340 g/mol. The second-order valence-electron chi connectivity index (χ2n) is 7.07. The van der Waals surface area contributed by atoms with Crippen LogP contribution >= 0.6 is 0 Å². The number of carbonyl (C=O) groups excluding carboxylic acids is 1. The van der Waals surface area contributed by atoms with Crippen LogP contribution in [0.15, 0.2) is 54.6 Å². The van der Waals surface area contributed by atoms with Gasteiger partial charge in [0, 0.05) is 0 Å².